The Balaban J connectivity index is 1.49. The molecule has 1 amide bonds. The summed E-state index contributed by atoms with van der Waals surface area (Å²) in [6.45, 7) is 7.00. The monoisotopic (exact) mass is 342 g/mol. The number of benzene rings is 1. The summed E-state index contributed by atoms with van der Waals surface area (Å²) < 4.78 is 5.94. The molecular weight excluding hydrogens is 316 g/mol. The van der Waals surface area contributed by atoms with Gasteiger partial charge in [-0.2, -0.15) is 0 Å². The Morgan fingerprint density at radius 3 is 2.56 bits per heavy atom. The van der Waals surface area contributed by atoms with E-state index >= 15 is 0 Å². The number of hydrogen-bond donors (Lipinski definition) is 1. The standard InChI is InChI=1S/C20H26N2O3/c1-13-5-3-6-15-14(2)19(25-18(13)15)20(24)22-11-9-21(10-12-22)16-7-4-8-17(16)23/h3,5-6,16-17,23H,4,7-12H2,1-2H3/t16-,17-/m0/s1. The van der Waals surface area contributed by atoms with Crippen LogP contribution in [0.25, 0.3) is 11.0 Å². The average molecular weight is 342 g/mol. The second-order valence-electron chi connectivity index (χ2n) is 7.40. The summed E-state index contributed by atoms with van der Waals surface area (Å²) in [7, 11) is 0. The predicted octanol–water partition coefficient (Wildman–Crippen LogP) is 2.72. The SMILES string of the molecule is Cc1c(C(=O)N2CCN([C@H]3CCC[C@@H]3O)CC2)oc2c(C)cccc12. The van der Waals surface area contributed by atoms with Gasteiger partial charge in [0.1, 0.15) is 5.58 Å². The molecule has 5 nitrogen and oxygen atoms in total. The number of para-hydroxylation sites is 1. The van der Waals surface area contributed by atoms with Crippen molar-refractivity contribution in [1.82, 2.24) is 9.80 Å². The molecule has 134 valence electrons. The third kappa shape index (κ3) is 2.85. The van der Waals surface area contributed by atoms with Crippen LogP contribution in [0.15, 0.2) is 22.6 Å². The Morgan fingerprint density at radius 1 is 1.16 bits per heavy atom. The molecule has 2 aromatic rings. The van der Waals surface area contributed by atoms with E-state index in [-0.39, 0.29) is 18.1 Å². The van der Waals surface area contributed by atoms with Gasteiger partial charge in [0.25, 0.3) is 5.91 Å². The van der Waals surface area contributed by atoms with Gasteiger partial charge in [-0.3, -0.25) is 9.69 Å². The molecule has 0 spiro atoms. The summed E-state index contributed by atoms with van der Waals surface area (Å²) in [5.41, 5.74) is 2.80. The van der Waals surface area contributed by atoms with Crippen LogP contribution >= 0.6 is 0 Å². The van der Waals surface area contributed by atoms with E-state index < -0.39 is 0 Å². The molecule has 2 atom stereocenters. The van der Waals surface area contributed by atoms with Gasteiger partial charge in [-0.1, -0.05) is 18.2 Å². The Bertz CT molecular complexity index is 790. The van der Waals surface area contributed by atoms with Crippen molar-refractivity contribution in [3.63, 3.8) is 0 Å². The van der Waals surface area contributed by atoms with Crippen molar-refractivity contribution in [2.75, 3.05) is 26.2 Å². The number of furan rings is 1. The van der Waals surface area contributed by atoms with Crippen molar-refractivity contribution in [2.24, 2.45) is 0 Å². The van der Waals surface area contributed by atoms with Gasteiger partial charge in [0.15, 0.2) is 5.76 Å². The maximum absolute atomic E-state index is 13.0. The lowest BCUT2D eigenvalue weighted by atomic mass is 10.1. The molecule has 1 aliphatic carbocycles. The molecule has 0 bridgehead atoms. The zero-order chi connectivity index (χ0) is 17.6. The lowest BCUT2D eigenvalue weighted by molar-refractivity contribution is 0.0302. The second kappa shape index (κ2) is 6.46. The van der Waals surface area contributed by atoms with Crippen LogP contribution in [-0.2, 0) is 0 Å². The maximum Gasteiger partial charge on any atom is 0.289 e. The molecular formula is C20H26N2O3. The van der Waals surface area contributed by atoms with Crippen LogP contribution in [0.1, 0.15) is 40.9 Å². The quantitative estimate of drug-likeness (QED) is 0.912. The zero-order valence-corrected chi connectivity index (χ0v) is 15.0. The first-order chi connectivity index (χ1) is 12.1. The molecule has 1 N–H and O–H groups in total. The number of rotatable bonds is 2. The second-order valence-corrected chi connectivity index (χ2v) is 7.40. The van der Waals surface area contributed by atoms with Gasteiger partial charge in [0.05, 0.1) is 6.10 Å². The number of aryl methyl sites for hydroxylation is 2. The molecule has 1 aliphatic heterocycles. The summed E-state index contributed by atoms with van der Waals surface area (Å²) in [4.78, 5) is 17.2. The zero-order valence-electron chi connectivity index (χ0n) is 15.0. The average Bonchev–Trinajstić information content (AvgIpc) is 3.19. The smallest absolute Gasteiger partial charge is 0.289 e. The highest BCUT2D eigenvalue weighted by Crippen LogP contribution is 2.29. The number of aliphatic hydroxyl groups is 1. The molecule has 1 aromatic carbocycles. The Kier molecular flexibility index (Phi) is 4.29. The van der Waals surface area contributed by atoms with Gasteiger partial charge in [-0.25, -0.2) is 0 Å². The first-order valence-electron chi connectivity index (χ1n) is 9.26. The Hall–Kier alpha value is -1.85. The minimum Gasteiger partial charge on any atom is -0.450 e. The lowest BCUT2D eigenvalue weighted by Gasteiger charge is -2.38. The summed E-state index contributed by atoms with van der Waals surface area (Å²) in [6, 6.07) is 6.29. The van der Waals surface area contributed by atoms with E-state index in [1.807, 2.05) is 36.9 Å². The van der Waals surface area contributed by atoms with E-state index in [0.29, 0.717) is 18.8 Å². The van der Waals surface area contributed by atoms with Crippen LogP contribution < -0.4 is 0 Å². The minimum atomic E-state index is -0.206. The van der Waals surface area contributed by atoms with E-state index in [1.54, 1.807) is 0 Å². The molecule has 0 unspecified atom stereocenters. The van der Waals surface area contributed by atoms with Crippen LogP contribution in [-0.4, -0.2) is 59.1 Å². The Labute approximate surface area is 148 Å². The molecule has 1 aromatic heterocycles. The molecule has 25 heavy (non-hydrogen) atoms. The fraction of sp³-hybridized carbons (Fsp3) is 0.550. The van der Waals surface area contributed by atoms with Crippen LogP contribution in [0.4, 0.5) is 0 Å². The molecule has 2 heterocycles. The predicted molar refractivity (Wildman–Crippen MR) is 96.8 cm³/mol. The van der Waals surface area contributed by atoms with E-state index in [9.17, 15) is 9.90 Å². The number of fused-ring (bicyclic) bond motifs is 1. The fourth-order valence-corrected chi connectivity index (χ4v) is 4.34. The van der Waals surface area contributed by atoms with Crippen molar-refractivity contribution in [1.29, 1.82) is 0 Å². The normalized spacial score (nSPS) is 25.0. The topological polar surface area (TPSA) is 56.9 Å². The molecule has 0 radical (unpaired) electrons. The van der Waals surface area contributed by atoms with Crippen LogP contribution in [0.3, 0.4) is 0 Å². The first kappa shape index (κ1) is 16.6. The van der Waals surface area contributed by atoms with E-state index in [2.05, 4.69) is 4.90 Å². The summed E-state index contributed by atoms with van der Waals surface area (Å²) >= 11 is 0. The highest BCUT2D eigenvalue weighted by molar-refractivity contribution is 5.99. The van der Waals surface area contributed by atoms with E-state index in [0.717, 1.165) is 54.4 Å². The fourth-order valence-electron chi connectivity index (χ4n) is 4.34. The lowest BCUT2D eigenvalue weighted by Crippen LogP contribution is -2.53. The Morgan fingerprint density at radius 2 is 1.92 bits per heavy atom. The number of hydrogen-bond acceptors (Lipinski definition) is 4. The maximum atomic E-state index is 13.0. The third-order valence-electron chi connectivity index (χ3n) is 5.87. The molecule has 2 fully saturated rings. The highest BCUT2D eigenvalue weighted by atomic mass is 16.3. The first-order valence-corrected chi connectivity index (χ1v) is 9.26. The van der Waals surface area contributed by atoms with Crippen molar-refractivity contribution in [3.05, 3.63) is 35.1 Å². The largest absolute Gasteiger partial charge is 0.450 e. The van der Waals surface area contributed by atoms with Gasteiger partial charge in [0, 0.05) is 43.2 Å². The number of carbonyl (C=O) groups is 1. The van der Waals surface area contributed by atoms with Gasteiger partial charge in [-0.05, 0) is 38.7 Å². The van der Waals surface area contributed by atoms with Crippen molar-refractivity contribution in [2.45, 2.75) is 45.3 Å². The number of piperazine rings is 1. The number of carbonyl (C=O) groups excluding carboxylic acids is 1. The van der Waals surface area contributed by atoms with E-state index in [1.165, 1.54) is 0 Å². The third-order valence-corrected chi connectivity index (χ3v) is 5.87. The van der Waals surface area contributed by atoms with Gasteiger partial charge in [0.2, 0.25) is 0 Å². The van der Waals surface area contributed by atoms with Gasteiger partial charge in [-0.15, -0.1) is 0 Å². The number of aliphatic hydroxyl groups excluding tert-OH is 1. The number of amides is 1. The van der Waals surface area contributed by atoms with Crippen LogP contribution in [0, 0.1) is 13.8 Å². The summed E-state index contributed by atoms with van der Waals surface area (Å²) in [5, 5.41) is 11.1. The summed E-state index contributed by atoms with van der Waals surface area (Å²) in [6.07, 6.45) is 2.86. The molecule has 2 aliphatic rings. The molecule has 1 saturated carbocycles. The van der Waals surface area contributed by atoms with Crippen molar-refractivity contribution < 1.29 is 14.3 Å². The van der Waals surface area contributed by atoms with Gasteiger partial charge < -0.3 is 14.4 Å². The molecule has 5 heteroatoms. The van der Waals surface area contributed by atoms with Crippen molar-refractivity contribution in [3.8, 4) is 0 Å². The molecule has 1 saturated heterocycles. The number of nitrogens with zero attached hydrogens (tertiary/aromatic N) is 2. The summed E-state index contributed by atoms with van der Waals surface area (Å²) in [5.74, 6) is 0.457. The highest BCUT2D eigenvalue weighted by Gasteiger charge is 2.34. The molecule has 4 rings (SSSR count). The van der Waals surface area contributed by atoms with E-state index in [4.69, 9.17) is 4.42 Å². The van der Waals surface area contributed by atoms with Crippen LogP contribution in [0.2, 0.25) is 0 Å². The van der Waals surface area contributed by atoms with Gasteiger partial charge >= 0.3 is 0 Å². The van der Waals surface area contributed by atoms with Crippen LogP contribution in [0.5, 0.6) is 0 Å². The van der Waals surface area contributed by atoms with Crippen molar-refractivity contribution >= 4 is 16.9 Å². The minimum absolute atomic E-state index is 0.0141.